The molecule has 30 heavy (non-hydrogen) atoms. The van der Waals surface area contributed by atoms with Crippen LogP contribution < -0.4 is 16.0 Å². The standard InChI is InChI=1S/C20H29N7O3/c1-20(2,3)30-19(29)23-13-6-7-26(9-13)16-15-17(25-18(21)24-16)27(11-22-15)14-5-4-12(8-14)10-28/h4-5,11-14,28H,6-10H2,1-3H3,(H,23,29)(H2,21,24,25)/t12-,13+,14+/m1/s1. The number of hydrogen-bond acceptors (Lipinski definition) is 8. The van der Waals surface area contributed by atoms with E-state index >= 15 is 0 Å². The molecule has 2 aromatic rings. The molecule has 10 nitrogen and oxygen atoms in total. The van der Waals surface area contributed by atoms with Crippen LogP contribution in [0.5, 0.6) is 0 Å². The first-order chi connectivity index (χ1) is 14.2. The number of aromatic nitrogens is 4. The minimum absolute atomic E-state index is 0.0451. The summed E-state index contributed by atoms with van der Waals surface area (Å²) in [7, 11) is 0. The fourth-order valence-corrected chi connectivity index (χ4v) is 4.02. The van der Waals surface area contributed by atoms with Gasteiger partial charge in [-0.1, -0.05) is 12.2 Å². The van der Waals surface area contributed by atoms with Crippen molar-refractivity contribution >= 4 is 29.0 Å². The first kappa shape index (κ1) is 20.4. The topological polar surface area (TPSA) is 131 Å². The molecule has 0 spiro atoms. The van der Waals surface area contributed by atoms with Crippen LogP contribution in [0.1, 0.15) is 39.7 Å². The van der Waals surface area contributed by atoms with Crippen LogP contribution in [0.2, 0.25) is 0 Å². The number of allylic oxidation sites excluding steroid dienone is 1. The molecule has 3 heterocycles. The monoisotopic (exact) mass is 415 g/mol. The van der Waals surface area contributed by atoms with Gasteiger partial charge >= 0.3 is 6.09 Å². The fourth-order valence-electron chi connectivity index (χ4n) is 4.02. The summed E-state index contributed by atoms with van der Waals surface area (Å²) >= 11 is 0. The van der Waals surface area contributed by atoms with E-state index in [1.807, 2.05) is 31.4 Å². The number of carbonyl (C=O) groups is 1. The lowest BCUT2D eigenvalue weighted by Crippen LogP contribution is -2.40. The number of hydrogen-bond donors (Lipinski definition) is 3. The van der Waals surface area contributed by atoms with Gasteiger partial charge in [-0.05, 0) is 33.6 Å². The number of fused-ring (bicyclic) bond motifs is 1. The number of anilines is 2. The number of nitrogen functional groups attached to an aromatic ring is 1. The van der Waals surface area contributed by atoms with Crippen LogP contribution in [0, 0.1) is 5.92 Å². The van der Waals surface area contributed by atoms with Gasteiger partial charge in [-0.15, -0.1) is 0 Å². The zero-order valence-electron chi connectivity index (χ0n) is 17.6. The van der Waals surface area contributed by atoms with Gasteiger partial charge in [0.1, 0.15) is 5.60 Å². The Morgan fingerprint density at radius 2 is 2.17 bits per heavy atom. The number of nitrogens with one attached hydrogen (secondary N) is 1. The molecule has 2 aliphatic rings. The molecule has 1 saturated heterocycles. The first-order valence-corrected chi connectivity index (χ1v) is 10.3. The third kappa shape index (κ3) is 4.18. The summed E-state index contributed by atoms with van der Waals surface area (Å²) < 4.78 is 7.34. The number of rotatable bonds is 4. The maximum atomic E-state index is 12.1. The Bertz CT molecular complexity index is 965. The lowest BCUT2D eigenvalue weighted by molar-refractivity contribution is 0.0509. The number of carbonyl (C=O) groups excluding carboxylic acids is 1. The molecule has 10 heteroatoms. The summed E-state index contributed by atoms with van der Waals surface area (Å²) in [5, 5.41) is 12.3. The van der Waals surface area contributed by atoms with Crippen molar-refractivity contribution in [3.8, 4) is 0 Å². The first-order valence-electron chi connectivity index (χ1n) is 10.3. The summed E-state index contributed by atoms with van der Waals surface area (Å²) in [4.78, 5) is 27.6. The Kier molecular flexibility index (Phi) is 5.27. The van der Waals surface area contributed by atoms with Crippen molar-refractivity contribution in [3.63, 3.8) is 0 Å². The van der Waals surface area contributed by atoms with Crippen molar-refractivity contribution in [2.75, 3.05) is 30.3 Å². The second kappa shape index (κ2) is 7.75. The molecular weight excluding hydrogens is 386 g/mol. The highest BCUT2D eigenvalue weighted by atomic mass is 16.6. The average Bonchev–Trinajstić information content (AvgIpc) is 3.37. The number of aliphatic hydroxyl groups excluding tert-OH is 1. The Morgan fingerprint density at radius 3 is 2.87 bits per heavy atom. The van der Waals surface area contributed by atoms with Gasteiger partial charge in [-0.3, -0.25) is 0 Å². The fraction of sp³-hybridized carbons (Fsp3) is 0.600. The van der Waals surface area contributed by atoms with Gasteiger partial charge in [-0.25, -0.2) is 9.78 Å². The second-order valence-corrected chi connectivity index (χ2v) is 8.94. The van der Waals surface area contributed by atoms with Crippen LogP contribution in [0.25, 0.3) is 11.2 Å². The largest absolute Gasteiger partial charge is 0.444 e. The van der Waals surface area contributed by atoms with E-state index in [1.165, 1.54) is 0 Å². The van der Waals surface area contributed by atoms with Crippen LogP contribution in [0.3, 0.4) is 0 Å². The number of aliphatic hydroxyl groups is 1. The summed E-state index contributed by atoms with van der Waals surface area (Å²) in [6, 6.07) is 0.0331. The van der Waals surface area contributed by atoms with E-state index in [-0.39, 0.29) is 30.6 Å². The molecule has 0 aromatic carbocycles. The Hall–Kier alpha value is -2.88. The molecule has 1 aliphatic heterocycles. The van der Waals surface area contributed by atoms with Crippen molar-refractivity contribution < 1.29 is 14.6 Å². The summed E-state index contributed by atoms with van der Waals surface area (Å²) in [6.07, 6.45) is 6.99. The van der Waals surface area contributed by atoms with Crippen LogP contribution in [-0.2, 0) is 4.74 Å². The predicted molar refractivity (Wildman–Crippen MR) is 113 cm³/mol. The van der Waals surface area contributed by atoms with Gasteiger partial charge in [0.05, 0.1) is 18.4 Å². The Morgan fingerprint density at radius 1 is 1.37 bits per heavy atom. The quantitative estimate of drug-likeness (QED) is 0.642. The molecule has 0 saturated carbocycles. The molecule has 1 amide bonds. The van der Waals surface area contributed by atoms with Gasteiger partial charge in [0, 0.05) is 25.6 Å². The minimum atomic E-state index is -0.536. The highest BCUT2D eigenvalue weighted by Crippen LogP contribution is 2.33. The number of ether oxygens (including phenoxy) is 1. The second-order valence-electron chi connectivity index (χ2n) is 8.94. The van der Waals surface area contributed by atoms with Crippen molar-refractivity contribution in [2.24, 2.45) is 5.92 Å². The summed E-state index contributed by atoms with van der Waals surface area (Å²) in [5.74, 6) is 0.998. The predicted octanol–water partition coefficient (Wildman–Crippen LogP) is 1.62. The summed E-state index contributed by atoms with van der Waals surface area (Å²) in [6.45, 7) is 6.95. The minimum Gasteiger partial charge on any atom is -0.444 e. The third-order valence-corrected chi connectivity index (χ3v) is 5.37. The lowest BCUT2D eigenvalue weighted by atomic mass is 10.1. The van der Waals surface area contributed by atoms with E-state index in [4.69, 9.17) is 10.5 Å². The molecule has 0 bridgehead atoms. The van der Waals surface area contributed by atoms with Gasteiger partial charge in [0.2, 0.25) is 5.95 Å². The van der Waals surface area contributed by atoms with Crippen LogP contribution in [-0.4, -0.2) is 62.1 Å². The molecule has 0 radical (unpaired) electrons. The Balaban J connectivity index is 1.52. The molecular formula is C20H29N7O3. The normalized spacial score (nSPS) is 24.0. The van der Waals surface area contributed by atoms with E-state index in [9.17, 15) is 9.90 Å². The number of alkyl carbamates (subject to hydrolysis) is 1. The highest BCUT2D eigenvalue weighted by molar-refractivity contribution is 5.85. The molecule has 162 valence electrons. The number of imidazole rings is 1. The SMILES string of the molecule is CC(C)(C)OC(=O)N[C@H]1CCN(c2nc(N)nc3c2ncn3[C@H]2C=C[C@@H](CO)C2)C1. The Labute approximate surface area is 175 Å². The van der Waals surface area contributed by atoms with Crippen molar-refractivity contribution in [3.05, 3.63) is 18.5 Å². The molecule has 0 unspecified atom stereocenters. The van der Waals surface area contributed by atoms with Crippen molar-refractivity contribution in [2.45, 2.75) is 51.3 Å². The van der Waals surface area contributed by atoms with Crippen LogP contribution in [0.15, 0.2) is 18.5 Å². The zero-order valence-corrected chi connectivity index (χ0v) is 17.6. The third-order valence-electron chi connectivity index (χ3n) is 5.37. The van der Waals surface area contributed by atoms with E-state index < -0.39 is 11.7 Å². The zero-order chi connectivity index (χ0) is 21.5. The highest BCUT2D eigenvalue weighted by Gasteiger charge is 2.30. The van der Waals surface area contributed by atoms with Crippen molar-refractivity contribution in [1.29, 1.82) is 0 Å². The van der Waals surface area contributed by atoms with E-state index in [1.54, 1.807) is 6.33 Å². The van der Waals surface area contributed by atoms with E-state index in [0.717, 1.165) is 19.4 Å². The molecule has 4 rings (SSSR count). The molecule has 3 atom stereocenters. The smallest absolute Gasteiger partial charge is 0.407 e. The number of nitrogens with two attached hydrogens (primary N) is 1. The lowest BCUT2D eigenvalue weighted by Gasteiger charge is -2.22. The van der Waals surface area contributed by atoms with Gasteiger partial charge in [-0.2, -0.15) is 9.97 Å². The molecule has 1 aliphatic carbocycles. The molecule has 1 fully saturated rings. The van der Waals surface area contributed by atoms with Crippen LogP contribution >= 0.6 is 0 Å². The van der Waals surface area contributed by atoms with E-state index in [2.05, 4.69) is 31.2 Å². The average molecular weight is 415 g/mol. The number of amides is 1. The summed E-state index contributed by atoms with van der Waals surface area (Å²) in [5.41, 5.74) is 6.84. The van der Waals surface area contributed by atoms with E-state index in [0.29, 0.717) is 23.5 Å². The van der Waals surface area contributed by atoms with Crippen molar-refractivity contribution in [1.82, 2.24) is 24.8 Å². The van der Waals surface area contributed by atoms with Gasteiger partial charge in [0.15, 0.2) is 17.0 Å². The van der Waals surface area contributed by atoms with Crippen LogP contribution in [0.4, 0.5) is 16.6 Å². The molecule has 4 N–H and O–H groups in total. The number of nitrogens with zero attached hydrogens (tertiary/aromatic N) is 5. The maximum Gasteiger partial charge on any atom is 0.407 e. The molecule has 2 aromatic heterocycles. The maximum absolute atomic E-state index is 12.1. The van der Waals surface area contributed by atoms with Gasteiger partial charge < -0.3 is 30.4 Å². The van der Waals surface area contributed by atoms with Gasteiger partial charge in [0.25, 0.3) is 0 Å².